The van der Waals surface area contributed by atoms with Crippen LogP contribution in [0.15, 0.2) is 72.9 Å². The van der Waals surface area contributed by atoms with Crippen LogP contribution in [-0.2, 0) is 24.0 Å². The van der Waals surface area contributed by atoms with Crippen LogP contribution >= 0.6 is 0 Å². The van der Waals surface area contributed by atoms with Crippen LogP contribution in [0, 0.1) is 23.5 Å². The van der Waals surface area contributed by atoms with Gasteiger partial charge in [0, 0.05) is 31.2 Å². The fourth-order valence-corrected chi connectivity index (χ4v) is 3.69. The number of hydrogen-bond acceptors (Lipinski definition) is 2. The van der Waals surface area contributed by atoms with E-state index in [1.165, 1.54) is 17.7 Å². The molecule has 0 radical (unpaired) electrons. The van der Waals surface area contributed by atoms with E-state index in [1.54, 1.807) is 25.3 Å². The molecule has 0 bridgehead atoms. The average molecular weight is 442 g/mol. The molecule has 3 aromatic carbocycles. The number of fused-ring (bicyclic) bond motifs is 1. The molecule has 33 heavy (non-hydrogen) atoms. The average Bonchev–Trinajstić information content (AvgIpc) is 2.83. The van der Waals surface area contributed by atoms with Crippen LogP contribution in [0.2, 0.25) is 0 Å². The largest absolute Gasteiger partial charge is 0.385 e. The predicted octanol–water partition coefficient (Wildman–Crippen LogP) is 6.28. The number of hydrogen-bond donors (Lipinski definition) is 0. The third-order valence-corrected chi connectivity index (χ3v) is 5.55. The van der Waals surface area contributed by atoms with Gasteiger partial charge in [0.2, 0.25) is 0 Å². The normalized spacial score (nSPS) is 10.8. The summed E-state index contributed by atoms with van der Waals surface area (Å²) in [7, 11) is 1.71. The maximum atomic E-state index is 14.6. The Morgan fingerprint density at radius 2 is 1.61 bits per heavy atom. The molecule has 0 aliphatic carbocycles. The molecule has 4 rings (SSSR count). The molecular weight excluding hydrogens is 416 g/mol. The lowest BCUT2D eigenvalue weighted by atomic mass is 10.0. The summed E-state index contributed by atoms with van der Waals surface area (Å²) in [5, 5.41) is 1.71. The van der Waals surface area contributed by atoms with E-state index in [9.17, 15) is 8.78 Å². The Hall–Kier alpha value is -3.55. The summed E-state index contributed by atoms with van der Waals surface area (Å²) >= 11 is 0. The van der Waals surface area contributed by atoms with E-state index in [1.807, 2.05) is 36.5 Å². The van der Waals surface area contributed by atoms with Crippen molar-refractivity contribution in [3.8, 4) is 11.8 Å². The van der Waals surface area contributed by atoms with Gasteiger partial charge in [0.05, 0.1) is 5.56 Å². The zero-order valence-electron chi connectivity index (χ0n) is 18.6. The second kappa shape index (κ2) is 10.8. The van der Waals surface area contributed by atoms with E-state index >= 15 is 0 Å². The fourth-order valence-electron chi connectivity index (χ4n) is 3.69. The second-order valence-electron chi connectivity index (χ2n) is 8.02. The first-order valence-corrected chi connectivity index (χ1v) is 11.0. The number of nitrogens with zero attached hydrogens (tertiary/aromatic N) is 1. The van der Waals surface area contributed by atoms with Crippen molar-refractivity contribution >= 4 is 10.8 Å². The van der Waals surface area contributed by atoms with Gasteiger partial charge in [-0.1, -0.05) is 36.1 Å². The first kappa shape index (κ1) is 22.6. The van der Waals surface area contributed by atoms with Crippen LogP contribution in [0.4, 0.5) is 8.78 Å². The monoisotopic (exact) mass is 441 g/mol. The zero-order valence-corrected chi connectivity index (χ0v) is 18.6. The molecule has 0 aliphatic heterocycles. The number of methoxy groups -OCH3 is 1. The minimum atomic E-state index is -0.329. The van der Waals surface area contributed by atoms with Crippen molar-refractivity contribution < 1.29 is 13.5 Å². The molecule has 2 nitrogen and oxygen atoms in total. The van der Waals surface area contributed by atoms with E-state index < -0.39 is 0 Å². The van der Waals surface area contributed by atoms with Gasteiger partial charge in [-0.25, -0.2) is 8.78 Å². The molecule has 0 spiro atoms. The Morgan fingerprint density at radius 1 is 0.788 bits per heavy atom. The van der Waals surface area contributed by atoms with E-state index in [0.29, 0.717) is 12.0 Å². The van der Waals surface area contributed by atoms with Gasteiger partial charge in [-0.05, 0) is 90.0 Å². The maximum Gasteiger partial charge on any atom is 0.139 e. The van der Waals surface area contributed by atoms with Crippen LogP contribution < -0.4 is 0 Å². The lowest BCUT2D eigenvalue weighted by molar-refractivity contribution is 0.195. The molecule has 1 aromatic heterocycles. The highest BCUT2D eigenvalue weighted by atomic mass is 19.1. The predicted molar refractivity (Wildman–Crippen MR) is 128 cm³/mol. The number of rotatable bonds is 7. The molecule has 0 aliphatic rings. The van der Waals surface area contributed by atoms with Crippen molar-refractivity contribution in [2.45, 2.75) is 25.7 Å². The van der Waals surface area contributed by atoms with Crippen molar-refractivity contribution in [2.75, 3.05) is 13.7 Å². The third kappa shape index (κ3) is 6.25. The molecule has 0 unspecified atom stereocenters. The Bertz CT molecular complexity index is 1300. The number of halogens is 2. The van der Waals surface area contributed by atoms with Crippen molar-refractivity contribution in [1.29, 1.82) is 0 Å². The summed E-state index contributed by atoms with van der Waals surface area (Å²) in [6.07, 6.45) is 5.30. The van der Waals surface area contributed by atoms with Crippen LogP contribution in [-0.4, -0.2) is 18.7 Å². The molecule has 166 valence electrons. The summed E-state index contributed by atoms with van der Waals surface area (Å²) in [5.74, 6) is 5.32. The minimum Gasteiger partial charge on any atom is -0.385 e. The van der Waals surface area contributed by atoms with Crippen LogP contribution in [0.5, 0.6) is 0 Å². The van der Waals surface area contributed by atoms with Gasteiger partial charge in [-0.3, -0.25) is 4.98 Å². The molecule has 4 heteroatoms. The highest BCUT2D eigenvalue weighted by Gasteiger charge is 2.04. The Balaban J connectivity index is 1.38. The van der Waals surface area contributed by atoms with Crippen molar-refractivity contribution in [1.82, 2.24) is 4.98 Å². The number of aryl methyl sites for hydroxylation is 3. The summed E-state index contributed by atoms with van der Waals surface area (Å²) in [6, 6.07) is 19.5. The van der Waals surface area contributed by atoms with Gasteiger partial charge in [0.15, 0.2) is 0 Å². The smallest absolute Gasteiger partial charge is 0.139 e. The number of aromatic nitrogens is 1. The van der Waals surface area contributed by atoms with E-state index in [2.05, 4.69) is 22.9 Å². The SMILES string of the molecule is COCCCc1ccc(CCc2ccc(C#Cc3ccc4cc(F)ccc4c3)c(F)c2)nc1. The maximum absolute atomic E-state index is 14.6. The standard InChI is InChI=1S/C29H25F2NO/c1-33-16-2-3-23-8-15-28(32-20-23)14-7-22-5-10-24(29(31)18-22)9-4-21-6-11-26-19-27(30)13-12-25(26)17-21/h5-6,8,10-13,15,17-20H,2-3,7,14,16H2,1H3. The first-order chi connectivity index (χ1) is 16.1. The minimum absolute atomic E-state index is 0.269. The molecule has 0 atom stereocenters. The zero-order chi connectivity index (χ0) is 23.0. The highest BCUT2D eigenvalue weighted by molar-refractivity contribution is 5.84. The van der Waals surface area contributed by atoms with Crippen molar-refractivity contribution in [3.63, 3.8) is 0 Å². The summed E-state index contributed by atoms with van der Waals surface area (Å²) in [6.45, 7) is 0.747. The molecule has 0 saturated heterocycles. The lowest BCUT2D eigenvalue weighted by Gasteiger charge is -2.05. The Labute approximate surface area is 193 Å². The van der Waals surface area contributed by atoms with Crippen molar-refractivity contribution in [2.24, 2.45) is 0 Å². The van der Waals surface area contributed by atoms with Gasteiger partial charge < -0.3 is 4.74 Å². The van der Waals surface area contributed by atoms with Crippen molar-refractivity contribution in [3.05, 3.63) is 113 Å². The third-order valence-electron chi connectivity index (χ3n) is 5.55. The van der Waals surface area contributed by atoms with Crippen LogP contribution in [0.25, 0.3) is 10.8 Å². The van der Waals surface area contributed by atoms with Gasteiger partial charge in [-0.2, -0.15) is 0 Å². The van der Waals surface area contributed by atoms with Gasteiger partial charge >= 0.3 is 0 Å². The topological polar surface area (TPSA) is 22.1 Å². The van der Waals surface area contributed by atoms with E-state index in [-0.39, 0.29) is 11.6 Å². The molecule has 0 amide bonds. The lowest BCUT2D eigenvalue weighted by Crippen LogP contribution is -1.98. The number of pyridine rings is 1. The molecule has 0 saturated carbocycles. The Kier molecular flexibility index (Phi) is 7.44. The fraction of sp³-hybridized carbons (Fsp3) is 0.207. The number of benzene rings is 3. The first-order valence-electron chi connectivity index (χ1n) is 11.0. The molecule has 1 heterocycles. The molecule has 4 aromatic rings. The highest BCUT2D eigenvalue weighted by Crippen LogP contribution is 2.18. The van der Waals surface area contributed by atoms with Gasteiger partial charge in [0.25, 0.3) is 0 Å². The summed E-state index contributed by atoms with van der Waals surface area (Å²) < 4.78 is 33.0. The van der Waals surface area contributed by atoms with E-state index in [0.717, 1.165) is 53.5 Å². The second-order valence-corrected chi connectivity index (χ2v) is 8.02. The summed E-state index contributed by atoms with van der Waals surface area (Å²) in [5.41, 5.74) is 4.22. The molecular formula is C29H25F2NO. The van der Waals surface area contributed by atoms with Crippen LogP contribution in [0.3, 0.4) is 0 Å². The molecule has 0 N–H and O–H groups in total. The van der Waals surface area contributed by atoms with Crippen LogP contribution in [0.1, 0.15) is 34.4 Å². The Morgan fingerprint density at radius 3 is 2.39 bits per heavy atom. The number of ether oxygens (including phenoxy) is 1. The van der Waals surface area contributed by atoms with Gasteiger partial charge in [0.1, 0.15) is 11.6 Å². The van der Waals surface area contributed by atoms with Gasteiger partial charge in [-0.15, -0.1) is 0 Å². The summed E-state index contributed by atoms with van der Waals surface area (Å²) in [4.78, 5) is 4.52. The molecule has 0 fully saturated rings. The van der Waals surface area contributed by atoms with E-state index in [4.69, 9.17) is 4.74 Å². The quantitative estimate of drug-likeness (QED) is 0.249.